The van der Waals surface area contributed by atoms with Crippen LogP contribution < -0.4 is 5.32 Å². The van der Waals surface area contributed by atoms with Gasteiger partial charge in [-0.25, -0.2) is 4.79 Å². The van der Waals surface area contributed by atoms with Gasteiger partial charge in [0, 0.05) is 13.3 Å². The molecule has 19 heavy (non-hydrogen) atoms. The van der Waals surface area contributed by atoms with Gasteiger partial charge in [0.1, 0.15) is 6.04 Å². The van der Waals surface area contributed by atoms with Crippen LogP contribution in [-0.4, -0.2) is 30.1 Å². The van der Waals surface area contributed by atoms with E-state index in [4.69, 9.17) is 23.2 Å². The van der Waals surface area contributed by atoms with Gasteiger partial charge in [0.2, 0.25) is 5.91 Å². The van der Waals surface area contributed by atoms with Gasteiger partial charge in [-0.15, -0.1) is 0 Å². The molecule has 0 heterocycles. The maximum atomic E-state index is 11.5. The molecule has 0 aromatic heterocycles. The largest absolute Gasteiger partial charge is 0.505 e. The van der Waals surface area contributed by atoms with Gasteiger partial charge in [0.05, 0.1) is 17.2 Å². The van der Waals surface area contributed by atoms with Gasteiger partial charge < -0.3 is 15.2 Å². The first-order chi connectivity index (χ1) is 8.85. The summed E-state index contributed by atoms with van der Waals surface area (Å²) >= 11 is 11.6. The van der Waals surface area contributed by atoms with Crippen LogP contribution in [-0.2, 0) is 20.7 Å². The molecule has 104 valence electrons. The third-order valence-electron chi connectivity index (χ3n) is 2.38. The molecule has 0 fully saturated rings. The molecule has 0 aliphatic carbocycles. The number of hydrogen-bond acceptors (Lipinski definition) is 4. The number of halogens is 2. The normalized spacial score (nSPS) is 11.8. The third kappa shape index (κ3) is 4.29. The molecule has 0 unspecified atom stereocenters. The molecular formula is C12H13Cl2NO4. The lowest BCUT2D eigenvalue weighted by Crippen LogP contribution is -2.41. The summed E-state index contributed by atoms with van der Waals surface area (Å²) in [7, 11) is 1.23. The van der Waals surface area contributed by atoms with Crippen molar-refractivity contribution in [1.29, 1.82) is 0 Å². The fraction of sp³-hybridized carbons (Fsp3) is 0.333. The van der Waals surface area contributed by atoms with Crippen LogP contribution in [0.25, 0.3) is 0 Å². The van der Waals surface area contributed by atoms with Gasteiger partial charge in [-0.05, 0) is 17.7 Å². The van der Waals surface area contributed by atoms with E-state index in [-0.39, 0.29) is 28.1 Å². The van der Waals surface area contributed by atoms with Crippen molar-refractivity contribution < 1.29 is 19.4 Å². The lowest BCUT2D eigenvalue weighted by molar-refractivity contribution is -0.144. The first kappa shape index (κ1) is 15.6. The summed E-state index contributed by atoms with van der Waals surface area (Å²) < 4.78 is 4.60. The van der Waals surface area contributed by atoms with Crippen LogP contribution >= 0.6 is 23.2 Å². The van der Waals surface area contributed by atoms with E-state index in [1.54, 1.807) is 0 Å². The van der Waals surface area contributed by atoms with Gasteiger partial charge >= 0.3 is 5.97 Å². The van der Waals surface area contributed by atoms with Crippen molar-refractivity contribution in [1.82, 2.24) is 5.32 Å². The third-order valence-corrected chi connectivity index (χ3v) is 2.96. The molecule has 0 saturated heterocycles. The summed E-state index contributed by atoms with van der Waals surface area (Å²) in [5.74, 6) is -1.15. The van der Waals surface area contributed by atoms with Gasteiger partial charge in [-0.2, -0.15) is 0 Å². The molecule has 1 aromatic carbocycles. The number of methoxy groups -OCH3 is 1. The van der Waals surface area contributed by atoms with Crippen molar-refractivity contribution in [3.05, 3.63) is 27.7 Å². The molecule has 1 rings (SSSR count). The zero-order chi connectivity index (χ0) is 14.6. The first-order valence-electron chi connectivity index (χ1n) is 5.37. The van der Waals surface area contributed by atoms with Crippen molar-refractivity contribution in [3.8, 4) is 5.75 Å². The summed E-state index contributed by atoms with van der Waals surface area (Å²) in [5, 5.41) is 12.1. The van der Waals surface area contributed by atoms with Crippen LogP contribution in [0.5, 0.6) is 5.75 Å². The number of benzene rings is 1. The van der Waals surface area contributed by atoms with Crippen molar-refractivity contribution in [2.75, 3.05) is 7.11 Å². The zero-order valence-corrected chi connectivity index (χ0v) is 11.9. The van der Waals surface area contributed by atoms with E-state index in [2.05, 4.69) is 10.1 Å². The van der Waals surface area contributed by atoms with Crippen molar-refractivity contribution >= 4 is 35.1 Å². The highest BCUT2D eigenvalue weighted by Crippen LogP contribution is 2.33. The minimum atomic E-state index is -0.834. The van der Waals surface area contributed by atoms with Crippen LogP contribution in [0.1, 0.15) is 12.5 Å². The second-order valence-electron chi connectivity index (χ2n) is 3.89. The second-order valence-corrected chi connectivity index (χ2v) is 4.70. The molecule has 0 radical (unpaired) electrons. The Bertz CT molecular complexity index is 481. The average Bonchev–Trinajstić information content (AvgIpc) is 2.33. The first-order valence-corrected chi connectivity index (χ1v) is 6.12. The topological polar surface area (TPSA) is 75.6 Å². The molecule has 1 amide bonds. The van der Waals surface area contributed by atoms with Crippen LogP contribution in [0, 0.1) is 0 Å². The summed E-state index contributed by atoms with van der Waals surface area (Å²) in [4.78, 5) is 22.6. The Labute approximate surface area is 120 Å². The predicted octanol–water partition coefficient (Wildman–Crippen LogP) is 1.92. The molecule has 5 nitrogen and oxygen atoms in total. The van der Waals surface area contributed by atoms with E-state index in [1.807, 2.05) is 0 Å². The molecule has 2 N–H and O–H groups in total. The lowest BCUT2D eigenvalue weighted by atomic mass is 10.1. The van der Waals surface area contributed by atoms with Gasteiger partial charge in [0.15, 0.2) is 5.75 Å². The van der Waals surface area contributed by atoms with E-state index < -0.39 is 12.0 Å². The number of aromatic hydroxyl groups is 1. The van der Waals surface area contributed by atoms with Crippen molar-refractivity contribution in [2.24, 2.45) is 0 Å². The molecule has 1 atom stereocenters. The SMILES string of the molecule is COC(=O)[C@H](Cc1cc(Cl)c(O)c(Cl)c1)NC(C)=O. The fourth-order valence-electron chi connectivity index (χ4n) is 1.55. The smallest absolute Gasteiger partial charge is 0.328 e. The number of amides is 1. The second kappa shape index (κ2) is 6.63. The highest BCUT2D eigenvalue weighted by atomic mass is 35.5. The monoisotopic (exact) mass is 305 g/mol. The molecule has 1 aromatic rings. The van der Waals surface area contributed by atoms with E-state index in [1.165, 1.54) is 26.2 Å². The number of esters is 1. The molecule has 0 aliphatic heterocycles. The van der Waals surface area contributed by atoms with Crippen LogP contribution in [0.3, 0.4) is 0 Å². The molecule has 0 aliphatic rings. The maximum absolute atomic E-state index is 11.5. The highest BCUT2D eigenvalue weighted by Gasteiger charge is 2.21. The number of ether oxygens (including phenoxy) is 1. The Hall–Kier alpha value is -1.46. The minimum Gasteiger partial charge on any atom is -0.505 e. The van der Waals surface area contributed by atoms with Crippen LogP contribution in [0.2, 0.25) is 10.0 Å². The number of carbonyl (C=O) groups excluding carboxylic acids is 2. The van der Waals surface area contributed by atoms with E-state index in [0.717, 1.165) is 0 Å². The summed E-state index contributed by atoms with van der Waals surface area (Å²) in [6.45, 7) is 1.30. The Morgan fingerprint density at radius 3 is 2.32 bits per heavy atom. The number of phenolic OH excluding ortho intramolecular Hbond substituents is 1. The van der Waals surface area contributed by atoms with Gasteiger partial charge in [0.25, 0.3) is 0 Å². The number of nitrogens with one attached hydrogen (secondary N) is 1. The Balaban J connectivity index is 2.96. The number of hydrogen-bond donors (Lipinski definition) is 2. The van der Waals surface area contributed by atoms with Crippen LogP contribution in [0.4, 0.5) is 0 Å². The van der Waals surface area contributed by atoms with Crippen molar-refractivity contribution in [2.45, 2.75) is 19.4 Å². The number of carbonyl (C=O) groups is 2. The van der Waals surface area contributed by atoms with Gasteiger partial charge in [-0.3, -0.25) is 4.79 Å². The van der Waals surface area contributed by atoms with E-state index >= 15 is 0 Å². The zero-order valence-electron chi connectivity index (χ0n) is 10.4. The maximum Gasteiger partial charge on any atom is 0.328 e. The highest BCUT2D eigenvalue weighted by molar-refractivity contribution is 6.37. The van der Waals surface area contributed by atoms with Crippen LogP contribution in [0.15, 0.2) is 12.1 Å². The summed E-state index contributed by atoms with van der Waals surface area (Å²) in [6.07, 6.45) is 0.159. The summed E-state index contributed by atoms with van der Waals surface area (Å²) in [5.41, 5.74) is 0.594. The predicted molar refractivity (Wildman–Crippen MR) is 71.5 cm³/mol. The molecule has 0 spiro atoms. The van der Waals surface area contributed by atoms with E-state index in [9.17, 15) is 14.7 Å². The Morgan fingerprint density at radius 1 is 1.37 bits per heavy atom. The summed E-state index contributed by atoms with van der Waals surface area (Å²) in [6, 6.07) is 2.11. The van der Waals surface area contributed by atoms with Gasteiger partial charge in [-0.1, -0.05) is 23.2 Å². The molecule has 7 heteroatoms. The molecule has 0 bridgehead atoms. The minimum absolute atomic E-state index is 0.0777. The number of rotatable bonds is 4. The van der Waals surface area contributed by atoms with E-state index in [0.29, 0.717) is 5.56 Å². The quantitative estimate of drug-likeness (QED) is 0.833. The number of phenols is 1. The lowest BCUT2D eigenvalue weighted by Gasteiger charge is -2.16. The Kier molecular flexibility index (Phi) is 5.44. The molecular weight excluding hydrogens is 293 g/mol. The standard InChI is InChI=1S/C12H13Cl2NO4/c1-6(16)15-10(12(18)19-2)5-7-3-8(13)11(17)9(14)4-7/h3-4,10,17H,5H2,1-2H3,(H,15,16)/t10-/m0/s1. The Morgan fingerprint density at radius 2 is 1.89 bits per heavy atom. The average molecular weight is 306 g/mol. The molecule has 0 saturated carbocycles. The fourth-order valence-corrected chi connectivity index (χ4v) is 2.08. The van der Waals surface area contributed by atoms with Crippen molar-refractivity contribution in [3.63, 3.8) is 0 Å².